The van der Waals surface area contributed by atoms with E-state index in [1.807, 2.05) is 41.3 Å². The SMILES string of the molecule is O=C(NCCCN1CCN(Cc2ccccc2)CC1)[C@@H]1c2ccccc2C(=O)N2CCc3ccccc3[C@@H]12. The van der Waals surface area contributed by atoms with E-state index in [2.05, 4.69) is 57.6 Å². The predicted molar refractivity (Wildman–Crippen MR) is 149 cm³/mol. The van der Waals surface area contributed by atoms with E-state index in [1.54, 1.807) is 0 Å². The van der Waals surface area contributed by atoms with Gasteiger partial charge in [0.1, 0.15) is 0 Å². The summed E-state index contributed by atoms with van der Waals surface area (Å²) < 4.78 is 0. The van der Waals surface area contributed by atoms with Gasteiger partial charge in [0.05, 0.1) is 12.0 Å². The van der Waals surface area contributed by atoms with Crippen LogP contribution in [0.2, 0.25) is 0 Å². The second kappa shape index (κ2) is 11.1. The molecule has 6 nitrogen and oxygen atoms in total. The number of piperazine rings is 1. The molecule has 0 saturated carbocycles. The van der Waals surface area contributed by atoms with Gasteiger partial charge in [-0.15, -0.1) is 0 Å². The first-order valence-electron chi connectivity index (χ1n) is 13.9. The van der Waals surface area contributed by atoms with Gasteiger partial charge in [0, 0.05) is 51.4 Å². The van der Waals surface area contributed by atoms with E-state index in [-0.39, 0.29) is 17.9 Å². The van der Waals surface area contributed by atoms with Crippen LogP contribution in [0.25, 0.3) is 0 Å². The zero-order valence-electron chi connectivity index (χ0n) is 21.9. The molecular formula is C32H36N4O2. The van der Waals surface area contributed by atoms with Crippen molar-refractivity contribution in [3.8, 4) is 0 Å². The van der Waals surface area contributed by atoms with E-state index < -0.39 is 5.92 Å². The van der Waals surface area contributed by atoms with Crippen LogP contribution in [0.1, 0.15) is 51.0 Å². The van der Waals surface area contributed by atoms with Gasteiger partial charge in [-0.25, -0.2) is 0 Å². The van der Waals surface area contributed by atoms with Gasteiger partial charge in [-0.05, 0) is 47.7 Å². The zero-order valence-corrected chi connectivity index (χ0v) is 21.9. The molecule has 2 amide bonds. The molecule has 3 aromatic carbocycles. The van der Waals surface area contributed by atoms with Crippen LogP contribution in [0.5, 0.6) is 0 Å². The van der Waals surface area contributed by atoms with Crippen molar-refractivity contribution in [2.75, 3.05) is 45.8 Å². The summed E-state index contributed by atoms with van der Waals surface area (Å²) in [5.74, 6) is -0.341. The quantitative estimate of drug-likeness (QED) is 0.493. The lowest BCUT2D eigenvalue weighted by Crippen LogP contribution is -2.50. The van der Waals surface area contributed by atoms with Gasteiger partial charge in [0.2, 0.25) is 5.91 Å². The summed E-state index contributed by atoms with van der Waals surface area (Å²) in [6.07, 6.45) is 1.75. The molecule has 3 aromatic rings. The Hall–Kier alpha value is -3.48. The smallest absolute Gasteiger partial charge is 0.254 e. The number of fused-ring (bicyclic) bond motifs is 4. The molecule has 1 N–H and O–H groups in total. The van der Waals surface area contributed by atoms with Crippen LogP contribution in [0.15, 0.2) is 78.9 Å². The lowest BCUT2D eigenvalue weighted by molar-refractivity contribution is -0.124. The molecule has 6 rings (SSSR count). The third-order valence-corrected chi connectivity index (χ3v) is 8.38. The first-order valence-corrected chi connectivity index (χ1v) is 13.9. The molecule has 6 heteroatoms. The molecule has 1 fully saturated rings. The van der Waals surface area contributed by atoms with Crippen molar-refractivity contribution in [3.63, 3.8) is 0 Å². The van der Waals surface area contributed by atoms with Gasteiger partial charge in [0.15, 0.2) is 0 Å². The number of carbonyl (C=O) groups excluding carboxylic acids is 2. The first-order chi connectivity index (χ1) is 18.7. The highest BCUT2D eigenvalue weighted by Gasteiger charge is 2.46. The van der Waals surface area contributed by atoms with E-state index in [0.717, 1.165) is 63.2 Å². The summed E-state index contributed by atoms with van der Waals surface area (Å²) in [5, 5.41) is 3.24. The number of hydrogen-bond donors (Lipinski definition) is 1. The fourth-order valence-electron chi connectivity index (χ4n) is 6.39. The van der Waals surface area contributed by atoms with Crippen molar-refractivity contribution in [1.82, 2.24) is 20.0 Å². The highest BCUT2D eigenvalue weighted by atomic mass is 16.2. The lowest BCUT2D eigenvalue weighted by atomic mass is 9.76. The summed E-state index contributed by atoms with van der Waals surface area (Å²) in [5.41, 5.74) is 5.23. The minimum absolute atomic E-state index is 0.0179. The first kappa shape index (κ1) is 24.8. The fourth-order valence-corrected chi connectivity index (χ4v) is 6.39. The normalized spacial score (nSPS) is 21.4. The second-order valence-electron chi connectivity index (χ2n) is 10.7. The van der Waals surface area contributed by atoms with Gasteiger partial charge in [0.25, 0.3) is 5.91 Å². The van der Waals surface area contributed by atoms with Gasteiger partial charge < -0.3 is 15.1 Å². The maximum absolute atomic E-state index is 13.7. The van der Waals surface area contributed by atoms with Crippen molar-refractivity contribution in [2.45, 2.75) is 31.3 Å². The number of nitrogens with one attached hydrogen (secondary N) is 1. The number of rotatable bonds is 7. The molecule has 0 spiro atoms. The van der Waals surface area contributed by atoms with Gasteiger partial charge >= 0.3 is 0 Å². The van der Waals surface area contributed by atoms with E-state index in [4.69, 9.17) is 0 Å². The topological polar surface area (TPSA) is 55.9 Å². The largest absolute Gasteiger partial charge is 0.355 e. The second-order valence-corrected chi connectivity index (χ2v) is 10.7. The van der Waals surface area contributed by atoms with E-state index >= 15 is 0 Å². The zero-order chi connectivity index (χ0) is 25.9. The van der Waals surface area contributed by atoms with Crippen LogP contribution in [0.3, 0.4) is 0 Å². The summed E-state index contributed by atoms with van der Waals surface area (Å²) >= 11 is 0. The molecule has 1 saturated heterocycles. The molecular weight excluding hydrogens is 472 g/mol. The van der Waals surface area contributed by atoms with Crippen LogP contribution in [0.4, 0.5) is 0 Å². The molecule has 3 heterocycles. The van der Waals surface area contributed by atoms with E-state index in [1.165, 1.54) is 11.1 Å². The average Bonchev–Trinajstić information content (AvgIpc) is 2.97. The van der Waals surface area contributed by atoms with Crippen molar-refractivity contribution in [2.24, 2.45) is 0 Å². The Morgan fingerprint density at radius 2 is 1.47 bits per heavy atom. The minimum atomic E-state index is -0.396. The van der Waals surface area contributed by atoms with Crippen LogP contribution in [-0.2, 0) is 17.8 Å². The standard InChI is InChI=1S/C32H36N4O2/c37-31(33-16-8-17-34-19-21-35(22-20-34)23-24-9-2-1-3-10-24)29-27-13-6-7-14-28(27)32(38)36-18-15-25-11-4-5-12-26(25)30(29)36/h1-7,9-14,29-30H,8,15-23H2,(H,33,37)/t29-,30+/m1/s1. The summed E-state index contributed by atoms with van der Waals surface area (Å²) in [4.78, 5) is 34.0. The van der Waals surface area contributed by atoms with E-state index in [0.29, 0.717) is 18.7 Å². The molecule has 0 radical (unpaired) electrons. The van der Waals surface area contributed by atoms with Crippen molar-refractivity contribution in [1.29, 1.82) is 0 Å². The number of benzene rings is 3. The van der Waals surface area contributed by atoms with Crippen LogP contribution in [-0.4, -0.2) is 72.3 Å². The Balaban J connectivity index is 1.07. The lowest BCUT2D eigenvalue weighted by Gasteiger charge is -2.45. The van der Waals surface area contributed by atoms with Gasteiger partial charge in [-0.2, -0.15) is 0 Å². The number of carbonyl (C=O) groups is 2. The van der Waals surface area contributed by atoms with Crippen LogP contribution in [0, 0.1) is 0 Å². The summed E-state index contributed by atoms with van der Waals surface area (Å²) in [6, 6.07) is 26.4. The molecule has 196 valence electrons. The number of hydrogen-bond acceptors (Lipinski definition) is 4. The summed E-state index contributed by atoms with van der Waals surface area (Å²) in [7, 11) is 0. The van der Waals surface area contributed by atoms with Crippen molar-refractivity contribution in [3.05, 3.63) is 107 Å². The Bertz CT molecular complexity index is 1290. The summed E-state index contributed by atoms with van der Waals surface area (Å²) in [6.45, 7) is 7.56. The van der Waals surface area contributed by atoms with Gasteiger partial charge in [-0.1, -0.05) is 72.8 Å². The third-order valence-electron chi connectivity index (χ3n) is 8.38. The maximum Gasteiger partial charge on any atom is 0.254 e. The Kier molecular flexibility index (Phi) is 7.25. The maximum atomic E-state index is 13.7. The Morgan fingerprint density at radius 1 is 0.789 bits per heavy atom. The predicted octanol–water partition coefficient (Wildman–Crippen LogP) is 3.85. The number of nitrogens with zero attached hydrogens (tertiary/aromatic N) is 3. The molecule has 3 aliphatic rings. The van der Waals surface area contributed by atoms with Crippen LogP contribution >= 0.6 is 0 Å². The highest BCUT2D eigenvalue weighted by molar-refractivity contribution is 6.01. The van der Waals surface area contributed by atoms with Crippen molar-refractivity contribution >= 4 is 11.8 Å². The van der Waals surface area contributed by atoms with E-state index in [9.17, 15) is 9.59 Å². The molecule has 0 aliphatic carbocycles. The molecule has 0 aromatic heterocycles. The van der Waals surface area contributed by atoms with Crippen molar-refractivity contribution < 1.29 is 9.59 Å². The van der Waals surface area contributed by atoms with Gasteiger partial charge in [-0.3, -0.25) is 14.5 Å². The fraction of sp³-hybridized carbons (Fsp3) is 0.375. The monoisotopic (exact) mass is 508 g/mol. The molecule has 3 aliphatic heterocycles. The average molecular weight is 509 g/mol. The molecule has 38 heavy (non-hydrogen) atoms. The molecule has 0 unspecified atom stereocenters. The Morgan fingerprint density at radius 3 is 2.29 bits per heavy atom. The molecule has 0 bridgehead atoms. The third kappa shape index (κ3) is 4.98. The Labute approximate surface area is 225 Å². The minimum Gasteiger partial charge on any atom is -0.355 e. The van der Waals surface area contributed by atoms with Crippen LogP contribution < -0.4 is 5.32 Å². The molecule has 2 atom stereocenters. The highest BCUT2D eigenvalue weighted by Crippen LogP contribution is 2.45. The number of amides is 2.